The number of fused-ring (bicyclic) bond motifs is 2. The van der Waals surface area contributed by atoms with E-state index in [9.17, 15) is 19.2 Å². The zero-order valence-corrected chi connectivity index (χ0v) is 29.3. The molecule has 2 aliphatic rings. The van der Waals surface area contributed by atoms with Crippen LogP contribution in [0.25, 0.3) is 33.3 Å². The van der Waals surface area contributed by atoms with Crippen LogP contribution >= 0.6 is 27.5 Å². The van der Waals surface area contributed by atoms with E-state index in [4.69, 9.17) is 21.3 Å². The monoisotopic (exact) mass is 734 g/mol. The fraction of sp³-hybridized carbons (Fsp3) is 0.225. The van der Waals surface area contributed by atoms with Gasteiger partial charge in [0.1, 0.15) is 0 Å². The number of imide groups is 1. The van der Waals surface area contributed by atoms with Crippen LogP contribution < -0.4 is 4.90 Å². The number of aromatic nitrogens is 1. The summed E-state index contributed by atoms with van der Waals surface area (Å²) in [6.45, 7) is 3.50. The minimum absolute atomic E-state index is 0.138. The fourth-order valence-electron chi connectivity index (χ4n) is 6.97. The average molecular weight is 736 g/mol. The summed E-state index contributed by atoms with van der Waals surface area (Å²) in [7, 11) is 0. The van der Waals surface area contributed by atoms with Gasteiger partial charge in [0.2, 0.25) is 11.8 Å². The second-order valence-corrected chi connectivity index (χ2v) is 14.1. The number of esters is 1. The quantitative estimate of drug-likeness (QED) is 0.0940. The second kappa shape index (κ2) is 13.3. The van der Waals surface area contributed by atoms with Gasteiger partial charge in [-0.25, -0.2) is 9.78 Å². The lowest BCUT2D eigenvalue weighted by molar-refractivity contribution is -0.122. The number of benzene rings is 4. The molecular formula is C40H32BrClN2O5. The van der Waals surface area contributed by atoms with E-state index in [0.29, 0.717) is 54.4 Å². The number of amides is 2. The summed E-state index contributed by atoms with van der Waals surface area (Å²) in [5, 5.41) is 0.978. The first kappa shape index (κ1) is 32.9. The summed E-state index contributed by atoms with van der Waals surface area (Å²) in [6, 6.07) is 27.4. The maximum absolute atomic E-state index is 13.6. The lowest BCUT2D eigenvalue weighted by Gasteiger charge is -2.25. The molecule has 4 aromatic carbocycles. The van der Waals surface area contributed by atoms with Crippen molar-refractivity contribution in [3.8, 4) is 22.4 Å². The van der Waals surface area contributed by atoms with E-state index in [2.05, 4.69) is 22.9 Å². The van der Waals surface area contributed by atoms with Crippen LogP contribution in [0.1, 0.15) is 52.5 Å². The average Bonchev–Trinajstić information content (AvgIpc) is 3.37. The minimum Gasteiger partial charge on any atom is -0.454 e. The highest BCUT2D eigenvalue weighted by Gasteiger charge is 2.49. The largest absolute Gasteiger partial charge is 0.454 e. The molecule has 1 aliphatic carbocycles. The number of anilines is 1. The standard InChI is InChI=1S/C40H32BrClN2O5/c1-22-8-17-29-31(18-22)39(47)44(38(29)46)28-15-13-26(14-16-28)34-20-32(30-19-33(41)36(42)23(2)37(30)43-34)40(48)49-21-35(45)27-11-9-25(10-12-27)24-6-4-3-5-7-24/h3-7,9-16,19-20,22,29,31H,8,17-18,21H2,1-2H3. The molecule has 2 heterocycles. The molecule has 5 aromatic rings. The Morgan fingerprint density at radius 3 is 2.24 bits per heavy atom. The first-order chi connectivity index (χ1) is 23.6. The Balaban J connectivity index is 1.15. The highest BCUT2D eigenvalue weighted by atomic mass is 79.9. The van der Waals surface area contributed by atoms with Crippen molar-refractivity contribution in [1.29, 1.82) is 0 Å². The molecule has 0 bridgehead atoms. The van der Waals surface area contributed by atoms with E-state index in [-0.39, 0.29) is 35.0 Å². The molecule has 7 nitrogen and oxygen atoms in total. The topological polar surface area (TPSA) is 93.6 Å². The molecule has 0 N–H and O–H groups in total. The van der Waals surface area contributed by atoms with Crippen LogP contribution in [0, 0.1) is 24.7 Å². The van der Waals surface area contributed by atoms with Crippen LogP contribution in [0.5, 0.6) is 0 Å². The van der Waals surface area contributed by atoms with Crippen LogP contribution in [-0.2, 0) is 14.3 Å². The highest BCUT2D eigenvalue weighted by Crippen LogP contribution is 2.42. The zero-order chi connectivity index (χ0) is 34.4. The van der Waals surface area contributed by atoms with Gasteiger partial charge in [0.15, 0.2) is 12.4 Å². The van der Waals surface area contributed by atoms with Crippen molar-refractivity contribution < 1.29 is 23.9 Å². The number of rotatable bonds is 7. The molecule has 1 aliphatic heterocycles. The number of nitrogens with zero attached hydrogens (tertiary/aromatic N) is 2. The third-order valence-electron chi connectivity index (χ3n) is 9.70. The Morgan fingerprint density at radius 1 is 0.878 bits per heavy atom. The molecular weight excluding hydrogens is 704 g/mol. The number of ketones is 1. The molecule has 1 saturated heterocycles. The molecule has 2 amide bonds. The van der Waals surface area contributed by atoms with E-state index >= 15 is 0 Å². The van der Waals surface area contributed by atoms with Crippen molar-refractivity contribution in [1.82, 2.24) is 4.98 Å². The molecule has 2 fully saturated rings. The highest BCUT2D eigenvalue weighted by molar-refractivity contribution is 9.10. The number of carbonyl (C=O) groups is 4. The van der Waals surface area contributed by atoms with Crippen molar-refractivity contribution in [2.45, 2.75) is 33.1 Å². The number of hydrogen-bond donors (Lipinski definition) is 0. The van der Waals surface area contributed by atoms with Gasteiger partial charge in [-0.1, -0.05) is 85.3 Å². The van der Waals surface area contributed by atoms with Crippen LogP contribution in [0.4, 0.5) is 5.69 Å². The molecule has 3 atom stereocenters. The number of aryl methyl sites for hydroxylation is 1. The summed E-state index contributed by atoms with van der Waals surface area (Å²) in [5.74, 6) is -1.39. The number of halogens is 2. The molecule has 0 radical (unpaired) electrons. The minimum atomic E-state index is -0.682. The number of Topliss-reactive ketones (excluding diaryl/α,β-unsaturated/α-hetero) is 1. The Kier molecular flexibility index (Phi) is 8.94. The van der Waals surface area contributed by atoms with Crippen molar-refractivity contribution in [3.63, 3.8) is 0 Å². The van der Waals surface area contributed by atoms with Crippen molar-refractivity contribution in [2.75, 3.05) is 11.5 Å². The predicted molar refractivity (Wildman–Crippen MR) is 194 cm³/mol. The van der Waals surface area contributed by atoms with Gasteiger partial charge in [-0.2, -0.15) is 0 Å². The Bertz CT molecular complexity index is 2130. The molecule has 1 saturated carbocycles. The molecule has 7 rings (SSSR count). The van der Waals surface area contributed by atoms with E-state index in [1.165, 1.54) is 4.90 Å². The van der Waals surface area contributed by atoms with Gasteiger partial charge < -0.3 is 4.74 Å². The Labute approximate surface area is 297 Å². The van der Waals surface area contributed by atoms with Crippen molar-refractivity contribution in [2.24, 2.45) is 17.8 Å². The lowest BCUT2D eigenvalue weighted by atomic mass is 9.76. The van der Waals surface area contributed by atoms with Crippen LogP contribution in [0.15, 0.2) is 95.5 Å². The predicted octanol–water partition coefficient (Wildman–Crippen LogP) is 9.26. The molecule has 49 heavy (non-hydrogen) atoms. The van der Waals surface area contributed by atoms with E-state index in [0.717, 1.165) is 30.4 Å². The SMILES string of the molecule is Cc1c(Cl)c(Br)cc2c(C(=O)OCC(=O)c3ccc(-c4ccccc4)cc3)cc(-c3ccc(N4C(=O)C5CCC(C)CC5C4=O)cc3)nc12. The Hall–Kier alpha value is -4.66. The summed E-state index contributed by atoms with van der Waals surface area (Å²) >= 11 is 10.1. The lowest BCUT2D eigenvalue weighted by Crippen LogP contribution is -2.30. The van der Waals surface area contributed by atoms with Gasteiger partial charge in [-0.3, -0.25) is 19.3 Å². The van der Waals surface area contributed by atoms with Crippen molar-refractivity contribution >= 4 is 67.7 Å². The van der Waals surface area contributed by atoms with Gasteiger partial charge >= 0.3 is 5.97 Å². The van der Waals surface area contributed by atoms with E-state index in [1.807, 2.05) is 49.4 Å². The molecule has 0 spiro atoms. The summed E-state index contributed by atoms with van der Waals surface area (Å²) in [4.78, 5) is 59.4. The number of pyridine rings is 1. The number of ether oxygens (including phenoxy) is 1. The smallest absolute Gasteiger partial charge is 0.339 e. The number of carbonyl (C=O) groups excluding carboxylic acids is 4. The van der Waals surface area contributed by atoms with E-state index < -0.39 is 12.6 Å². The summed E-state index contributed by atoms with van der Waals surface area (Å²) in [6.07, 6.45) is 2.41. The normalized spacial score (nSPS) is 18.9. The summed E-state index contributed by atoms with van der Waals surface area (Å²) < 4.78 is 6.18. The third kappa shape index (κ3) is 6.20. The fourth-order valence-corrected chi connectivity index (χ4v) is 7.64. The van der Waals surface area contributed by atoms with Gasteiger partial charge in [0.05, 0.1) is 39.3 Å². The summed E-state index contributed by atoms with van der Waals surface area (Å²) in [5.41, 5.74) is 5.49. The maximum Gasteiger partial charge on any atom is 0.339 e. The number of hydrogen-bond acceptors (Lipinski definition) is 6. The van der Waals surface area contributed by atoms with Crippen LogP contribution in [-0.4, -0.2) is 35.2 Å². The van der Waals surface area contributed by atoms with Gasteiger partial charge in [-0.05, 0) is 89.0 Å². The molecule has 1 aromatic heterocycles. The van der Waals surface area contributed by atoms with Crippen LogP contribution in [0.2, 0.25) is 5.02 Å². The Morgan fingerprint density at radius 2 is 1.53 bits per heavy atom. The van der Waals surface area contributed by atoms with Crippen molar-refractivity contribution in [3.05, 3.63) is 117 Å². The van der Waals surface area contributed by atoms with Crippen LogP contribution in [0.3, 0.4) is 0 Å². The van der Waals surface area contributed by atoms with Gasteiger partial charge in [-0.15, -0.1) is 0 Å². The van der Waals surface area contributed by atoms with Gasteiger partial charge in [0.25, 0.3) is 0 Å². The third-order valence-corrected chi connectivity index (χ3v) is 11.0. The molecule has 246 valence electrons. The second-order valence-electron chi connectivity index (χ2n) is 12.9. The first-order valence-electron chi connectivity index (χ1n) is 16.2. The first-order valence-corrected chi connectivity index (χ1v) is 17.4. The molecule has 3 unspecified atom stereocenters. The maximum atomic E-state index is 13.6. The van der Waals surface area contributed by atoms with E-state index in [1.54, 1.807) is 48.5 Å². The zero-order valence-electron chi connectivity index (χ0n) is 26.9. The molecule has 9 heteroatoms. The van der Waals surface area contributed by atoms with Gasteiger partial charge in [0, 0.05) is 21.0 Å².